The second-order valence-electron chi connectivity index (χ2n) is 4.59. The van der Waals surface area contributed by atoms with Gasteiger partial charge in [0.25, 0.3) is 5.91 Å². The van der Waals surface area contributed by atoms with Gasteiger partial charge in [-0.15, -0.1) is 0 Å². The summed E-state index contributed by atoms with van der Waals surface area (Å²) in [6.07, 6.45) is 1.43. The number of esters is 1. The van der Waals surface area contributed by atoms with Gasteiger partial charge in [-0.1, -0.05) is 11.6 Å². The molecule has 2 rings (SSSR count). The molecule has 1 heterocycles. The van der Waals surface area contributed by atoms with E-state index in [1.54, 1.807) is 13.0 Å². The van der Waals surface area contributed by atoms with Crippen molar-refractivity contribution in [1.29, 1.82) is 0 Å². The van der Waals surface area contributed by atoms with E-state index < -0.39 is 17.9 Å². The summed E-state index contributed by atoms with van der Waals surface area (Å²) in [6.45, 7) is 1.61. The average molecular weight is 355 g/mol. The average Bonchev–Trinajstić information content (AvgIpc) is 2.83. The smallest absolute Gasteiger partial charge is 0.344 e. The van der Waals surface area contributed by atoms with Crippen molar-refractivity contribution in [1.82, 2.24) is 10.6 Å². The molecule has 0 aromatic heterocycles. The Balaban J connectivity index is 2.24. The van der Waals surface area contributed by atoms with E-state index in [9.17, 15) is 14.4 Å². The number of halogens is 1. The van der Waals surface area contributed by atoms with Crippen LogP contribution in [0.25, 0.3) is 6.08 Å². The maximum atomic E-state index is 11.5. The van der Waals surface area contributed by atoms with Gasteiger partial charge in [-0.2, -0.15) is 0 Å². The number of urea groups is 1. The number of amides is 3. The Labute approximate surface area is 142 Å². The molecule has 8 nitrogen and oxygen atoms in total. The molecule has 0 atom stereocenters. The van der Waals surface area contributed by atoms with Crippen LogP contribution in [0.3, 0.4) is 0 Å². The molecule has 0 bridgehead atoms. The van der Waals surface area contributed by atoms with Crippen molar-refractivity contribution < 1.29 is 28.6 Å². The van der Waals surface area contributed by atoms with E-state index in [1.165, 1.54) is 19.3 Å². The molecular weight excluding hydrogens is 340 g/mol. The van der Waals surface area contributed by atoms with Gasteiger partial charge in [0.2, 0.25) is 0 Å². The van der Waals surface area contributed by atoms with Gasteiger partial charge < -0.3 is 19.5 Å². The maximum Gasteiger partial charge on any atom is 0.344 e. The molecule has 3 amide bonds. The van der Waals surface area contributed by atoms with Crippen LogP contribution in [0.2, 0.25) is 5.02 Å². The highest BCUT2D eigenvalue weighted by molar-refractivity contribution is 6.32. The predicted molar refractivity (Wildman–Crippen MR) is 84.8 cm³/mol. The van der Waals surface area contributed by atoms with Crippen LogP contribution in [0.5, 0.6) is 11.5 Å². The lowest BCUT2D eigenvalue weighted by atomic mass is 10.1. The SMILES string of the molecule is CCOC(=O)COc1c(Cl)cc(/C=C2/NC(=O)NC2=O)cc1OC. The molecule has 1 aliphatic heterocycles. The van der Waals surface area contributed by atoms with Crippen molar-refractivity contribution in [3.63, 3.8) is 0 Å². The first-order chi connectivity index (χ1) is 11.4. The molecule has 9 heteroatoms. The van der Waals surface area contributed by atoms with Crippen LogP contribution >= 0.6 is 11.6 Å². The molecular formula is C15H15ClN2O6. The van der Waals surface area contributed by atoms with Crippen molar-refractivity contribution >= 4 is 35.6 Å². The second kappa shape index (κ2) is 7.69. The Bertz CT molecular complexity index is 716. The Morgan fingerprint density at radius 1 is 1.29 bits per heavy atom. The summed E-state index contributed by atoms with van der Waals surface area (Å²) < 4.78 is 15.3. The number of carbonyl (C=O) groups is 3. The number of imide groups is 1. The standard InChI is InChI=1S/C15H15ClN2O6/c1-3-23-12(19)7-24-13-9(16)4-8(6-11(13)22-2)5-10-14(20)18-15(21)17-10/h4-6H,3,7H2,1-2H3,(H2,17,18,20,21)/b10-5+. The number of ether oxygens (including phenoxy) is 3. The van der Waals surface area contributed by atoms with Crippen molar-refractivity contribution in [3.8, 4) is 11.5 Å². The predicted octanol–water partition coefficient (Wildman–Crippen LogP) is 1.47. The summed E-state index contributed by atoms with van der Waals surface area (Å²) >= 11 is 6.15. The molecule has 0 spiro atoms. The number of hydrogen-bond donors (Lipinski definition) is 2. The quantitative estimate of drug-likeness (QED) is 0.455. The molecule has 0 saturated carbocycles. The number of benzene rings is 1. The monoisotopic (exact) mass is 354 g/mol. The van der Waals surface area contributed by atoms with Gasteiger partial charge >= 0.3 is 12.0 Å². The van der Waals surface area contributed by atoms with Gasteiger partial charge in [-0.3, -0.25) is 10.1 Å². The van der Waals surface area contributed by atoms with E-state index in [-0.39, 0.29) is 35.4 Å². The molecule has 1 aromatic rings. The summed E-state index contributed by atoms with van der Waals surface area (Å²) in [7, 11) is 1.41. The van der Waals surface area contributed by atoms with Crippen LogP contribution < -0.4 is 20.1 Å². The molecule has 24 heavy (non-hydrogen) atoms. The van der Waals surface area contributed by atoms with E-state index >= 15 is 0 Å². The largest absolute Gasteiger partial charge is 0.493 e. The third-order valence-corrected chi connectivity index (χ3v) is 3.20. The summed E-state index contributed by atoms with van der Waals surface area (Å²) in [5.41, 5.74) is 0.589. The number of carbonyl (C=O) groups excluding carboxylic acids is 3. The van der Waals surface area contributed by atoms with E-state index in [0.717, 1.165) is 0 Å². The molecule has 128 valence electrons. The highest BCUT2D eigenvalue weighted by Crippen LogP contribution is 2.37. The number of hydrogen-bond acceptors (Lipinski definition) is 6. The molecule has 1 aliphatic rings. The van der Waals surface area contributed by atoms with Crippen LogP contribution in [-0.2, 0) is 14.3 Å². The maximum absolute atomic E-state index is 11.5. The van der Waals surface area contributed by atoms with Gasteiger partial charge in [0.05, 0.1) is 18.7 Å². The lowest BCUT2D eigenvalue weighted by Gasteiger charge is -2.13. The molecule has 0 aliphatic carbocycles. The zero-order valence-corrected chi connectivity index (χ0v) is 13.7. The van der Waals surface area contributed by atoms with Gasteiger partial charge in [0.1, 0.15) is 5.70 Å². The first-order valence-electron chi connectivity index (χ1n) is 6.94. The fourth-order valence-corrected chi connectivity index (χ4v) is 2.22. The fourth-order valence-electron chi connectivity index (χ4n) is 1.95. The molecule has 1 fully saturated rings. The summed E-state index contributed by atoms with van der Waals surface area (Å²) in [4.78, 5) is 34.0. The van der Waals surface area contributed by atoms with Crippen molar-refractivity contribution in [2.45, 2.75) is 6.92 Å². The number of methoxy groups -OCH3 is 1. The molecule has 2 N–H and O–H groups in total. The fraction of sp³-hybridized carbons (Fsp3) is 0.267. The van der Waals surface area contributed by atoms with E-state index in [4.69, 9.17) is 25.8 Å². The first kappa shape index (κ1) is 17.6. The Morgan fingerprint density at radius 2 is 2.04 bits per heavy atom. The first-order valence-corrected chi connectivity index (χ1v) is 7.32. The Morgan fingerprint density at radius 3 is 2.62 bits per heavy atom. The van der Waals surface area contributed by atoms with Crippen LogP contribution in [0.1, 0.15) is 12.5 Å². The van der Waals surface area contributed by atoms with Gasteiger partial charge in [-0.05, 0) is 30.7 Å². The topological polar surface area (TPSA) is 103 Å². The lowest BCUT2D eigenvalue weighted by molar-refractivity contribution is -0.145. The van der Waals surface area contributed by atoms with Crippen LogP contribution in [0.15, 0.2) is 17.8 Å². The second-order valence-corrected chi connectivity index (χ2v) is 5.00. The minimum atomic E-state index is -0.598. The number of nitrogens with one attached hydrogen (secondary N) is 2. The third-order valence-electron chi connectivity index (χ3n) is 2.92. The van der Waals surface area contributed by atoms with Crippen LogP contribution in [0, 0.1) is 0 Å². The zero-order valence-electron chi connectivity index (χ0n) is 13.0. The van der Waals surface area contributed by atoms with Crippen molar-refractivity contribution in [2.75, 3.05) is 20.3 Å². The van der Waals surface area contributed by atoms with Crippen molar-refractivity contribution in [3.05, 3.63) is 28.4 Å². The molecule has 1 aromatic carbocycles. The van der Waals surface area contributed by atoms with E-state index in [1.807, 2.05) is 0 Å². The van der Waals surface area contributed by atoms with Gasteiger partial charge in [0.15, 0.2) is 18.1 Å². The van der Waals surface area contributed by atoms with Crippen molar-refractivity contribution in [2.24, 2.45) is 0 Å². The summed E-state index contributed by atoms with van der Waals surface area (Å²) in [5.74, 6) is -0.637. The van der Waals surface area contributed by atoms with E-state index in [0.29, 0.717) is 5.56 Å². The Hall–Kier alpha value is -2.74. The molecule has 0 radical (unpaired) electrons. The highest BCUT2D eigenvalue weighted by atomic mass is 35.5. The third kappa shape index (κ3) is 4.17. The number of rotatable bonds is 6. The van der Waals surface area contributed by atoms with Gasteiger partial charge in [0, 0.05) is 0 Å². The summed E-state index contributed by atoms with van der Waals surface area (Å²) in [6, 6.07) is 2.46. The molecule has 1 saturated heterocycles. The minimum Gasteiger partial charge on any atom is -0.493 e. The highest BCUT2D eigenvalue weighted by Gasteiger charge is 2.23. The minimum absolute atomic E-state index is 0.0818. The lowest BCUT2D eigenvalue weighted by Crippen LogP contribution is -2.22. The van der Waals surface area contributed by atoms with Gasteiger partial charge in [-0.25, -0.2) is 9.59 Å². The normalized spacial score (nSPS) is 15.0. The molecule has 0 unspecified atom stereocenters. The van der Waals surface area contributed by atoms with Crippen LogP contribution in [-0.4, -0.2) is 38.2 Å². The Kier molecular flexibility index (Phi) is 5.64. The van der Waals surface area contributed by atoms with E-state index in [2.05, 4.69) is 10.6 Å². The summed E-state index contributed by atoms with van der Waals surface area (Å²) in [5, 5.41) is 4.63. The zero-order chi connectivity index (χ0) is 17.7. The van der Waals surface area contributed by atoms with Crippen LogP contribution in [0.4, 0.5) is 4.79 Å².